The Balaban J connectivity index is 2.05. The summed E-state index contributed by atoms with van der Waals surface area (Å²) in [5.41, 5.74) is 1.23. The van der Waals surface area contributed by atoms with Crippen LogP contribution in [-0.2, 0) is 9.59 Å². The van der Waals surface area contributed by atoms with Gasteiger partial charge in [-0.25, -0.2) is 0 Å². The first kappa shape index (κ1) is 17.3. The number of carboxylic acid groups (broad SMARTS) is 1. The van der Waals surface area contributed by atoms with Crippen LogP contribution in [0.5, 0.6) is 5.75 Å². The van der Waals surface area contributed by atoms with E-state index in [2.05, 4.69) is 5.32 Å². The molecule has 1 aromatic rings. The summed E-state index contributed by atoms with van der Waals surface area (Å²) >= 11 is 0. The van der Waals surface area contributed by atoms with Crippen LogP contribution in [0.4, 0.5) is 5.69 Å². The van der Waals surface area contributed by atoms with Crippen molar-refractivity contribution < 1.29 is 19.8 Å². The first-order valence-corrected chi connectivity index (χ1v) is 7.61. The lowest BCUT2D eigenvalue weighted by molar-refractivity contribution is -0.145. The second-order valence-corrected chi connectivity index (χ2v) is 5.74. The van der Waals surface area contributed by atoms with E-state index in [1.54, 1.807) is 12.1 Å². The predicted octanol–water partition coefficient (Wildman–Crippen LogP) is 1.84. The Bertz CT molecular complexity index is 713. The number of phenolic OH excluding ortho intramolecular Hbond substituents is 1. The van der Waals surface area contributed by atoms with Gasteiger partial charge in [0.25, 0.3) is 5.91 Å². The van der Waals surface area contributed by atoms with Crippen molar-refractivity contribution in [1.82, 2.24) is 4.90 Å². The minimum Gasteiger partial charge on any atom is -0.506 e. The Morgan fingerprint density at radius 1 is 1.38 bits per heavy atom. The van der Waals surface area contributed by atoms with Gasteiger partial charge in [-0.15, -0.1) is 0 Å². The third-order valence-electron chi connectivity index (χ3n) is 4.01. The van der Waals surface area contributed by atoms with E-state index < -0.39 is 17.8 Å². The maximum Gasteiger partial charge on any atom is 0.306 e. The Hall–Kier alpha value is -3.01. The van der Waals surface area contributed by atoms with E-state index >= 15 is 0 Å². The summed E-state index contributed by atoms with van der Waals surface area (Å²) in [5.74, 6) is -1.72. The molecule has 1 aromatic carbocycles. The van der Waals surface area contributed by atoms with Crippen LogP contribution < -0.4 is 5.32 Å². The van der Waals surface area contributed by atoms with Gasteiger partial charge in [-0.1, -0.05) is 6.07 Å². The molecule has 0 bridgehead atoms. The van der Waals surface area contributed by atoms with Gasteiger partial charge in [-0.3, -0.25) is 9.59 Å². The summed E-state index contributed by atoms with van der Waals surface area (Å²) in [6, 6.07) is 6.81. The van der Waals surface area contributed by atoms with Gasteiger partial charge in [0.1, 0.15) is 17.4 Å². The highest BCUT2D eigenvalue weighted by molar-refractivity contribution is 5.97. The second-order valence-electron chi connectivity index (χ2n) is 5.74. The smallest absolute Gasteiger partial charge is 0.306 e. The van der Waals surface area contributed by atoms with Crippen LogP contribution in [0.2, 0.25) is 0 Å². The maximum atomic E-state index is 12.4. The van der Waals surface area contributed by atoms with E-state index in [1.165, 1.54) is 17.2 Å². The molecule has 24 heavy (non-hydrogen) atoms. The number of aryl methyl sites for hydroxylation is 1. The summed E-state index contributed by atoms with van der Waals surface area (Å²) in [4.78, 5) is 24.8. The van der Waals surface area contributed by atoms with Gasteiger partial charge < -0.3 is 20.4 Å². The lowest BCUT2D eigenvalue weighted by atomic mass is 9.97. The molecule has 0 spiro atoms. The standard InChI is InChI=1S/C17H19N3O4/c1-11-2-3-15(21)14(8-11)19-10-13(9-18)16(22)20-6-4-12(5-7-20)17(23)24/h2-3,8,10,12,19,21H,4-7H2,1H3,(H,23,24)/b13-10-. The van der Waals surface area contributed by atoms with Gasteiger partial charge in [0, 0.05) is 19.3 Å². The number of carbonyl (C=O) groups excluding carboxylic acids is 1. The number of nitrogens with zero attached hydrogens (tertiary/aromatic N) is 2. The van der Waals surface area contributed by atoms with Crippen LogP contribution in [0, 0.1) is 24.2 Å². The van der Waals surface area contributed by atoms with Gasteiger partial charge >= 0.3 is 5.97 Å². The Kier molecular flexibility index (Phi) is 5.42. The van der Waals surface area contributed by atoms with Crippen molar-refractivity contribution in [3.05, 3.63) is 35.5 Å². The van der Waals surface area contributed by atoms with Crippen molar-refractivity contribution in [3.63, 3.8) is 0 Å². The normalized spacial score (nSPS) is 15.7. The van der Waals surface area contributed by atoms with Crippen molar-refractivity contribution in [3.8, 4) is 11.8 Å². The van der Waals surface area contributed by atoms with E-state index in [1.807, 2.05) is 13.0 Å². The van der Waals surface area contributed by atoms with Gasteiger partial charge in [0.05, 0.1) is 11.6 Å². The van der Waals surface area contributed by atoms with Crippen molar-refractivity contribution in [2.75, 3.05) is 18.4 Å². The number of carboxylic acids is 1. The fourth-order valence-electron chi connectivity index (χ4n) is 2.56. The highest BCUT2D eigenvalue weighted by Crippen LogP contribution is 2.24. The molecule has 1 heterocycles. The maximum absolute atomic E-state index is 12.4. The van der Waals surface area contributed by atoms with Crippen molar-refractivity contribution in [2.24, 2.45) is 5.92 Å². The molecular weight excluding hydrogens is 310 g/mol. The number of benzene rings is 1. The molecule has 126 valence electrons. The number of amides is 1. The largest absolute Gasteiger partial charge is 0.506 e. The zero-order chi connectivity index (χ0) is 17.7. The van der Waals surface area contributed by atoms with E-state index in [0.29, 0.717) is 31.6 Å². The summed E-state index contributed by atoms with van der Waals surface area (Å²) < 4.78 is 0. The quantitative estimate of drug-likeness (QED) is 0.441. The topological polar surface area (TPSA) is 114 Å². The van der Waals surface area contributed by atoms with Gasteiger partial charge in [0.2, 0.25) is 0 Å². The third kappa shape index (κ3) is 4.04. The number of hydrogen-bond donors (Lipinski definition) is 3. The number of piperidine rings is 1. The average molecular weight is 329 g/mol. The number of aromatic hydroxyl groups is 1. The highest BCUT2D eigenvalue weighted by atomic mass is 16.4. The number of aliphatic carboxylic acids is 1. The number of nitrogens with one attached hydrogen (secondary N) is 1. The molecule has 0 aromatic heterocycles. The molecule has 2 rings (SSSR count). The number of nitriles is 1. The van der Waals surface area contributed by atoms with Crippen LogP contribution in [0.15, 0.2) is 30.0 Å². The van der Waals surface area contributed by atoms with Gasteiger partial charge in [0.15, 0.2) is 0 Å². The molecular formula is C17H19N3O4. The summed E-state index contributed by atoms with van der Waals surface area (Å²) in [6.45, 7) is 2.48. The average Bonchev–Trinajstić information content (AvgIpc) is 2.58. The molecule has 1 saturated heterocycles. The van der Waals surface area contributed by atoms with Gasteiger partial charge in [-0.2, -0.15) is 5.26 Å². The van der Waals surface area contributed by atoms with Crippen molar-refractivity contribution in [1.29, 1.82) is 5.26 Å². The van der Waals surface area contributed by atoms with Gasteiger partial charge in [-0.05, 0) is 37.5 Å². The fraction of sp³-hybridized carbons (Fsp3) is 0.353. The number of carbonyl (C=O) groups is 2. The van der Waals surface area contributed by atoms with E-state index in [9.17, 15) is 20.0 Å². The lowest BCUT2D eigenvalue weighted by Crippen LogP contribution is -2.40. The molecule has 0 atom stereocenters. The molecule has 7 heteroatoms. The van der Waals surface area contributed by atoms with Crippen molar-refractivity contribution in [2.45, 2.75) is 19.8 Å². The van der Waals surface area contributed by atoms with Crippen LogP contribution in [0.25, 0.3) is 0 Å². The number of anilines is 1. The number of rotatable bonds is 4. The predicted molar refractivity (Wildman–Crippen MR) is 87.1 cm³/mol. The molecule has 0 radical (unpaired) electrons. The van der Waals surface area contributed by atoms with E-state index in [-0.39, 0.29) is 11.3 Å². The molecule has 1 amide bonds. The summed E-state index contributed by atoms with van der Waals surface area (Å²) in [7, 11) is 0. The molecule has 0 unspecified atom stereocenters. The molecule has 0 saturated carbocycles. The number of likely N-dealkylation sites (tertiary alicyclic amines) is 1. The second kappa shape index (κ2) is 7.51. The SMILES string of the molecule is Cc1ccc(O)c(N/C=C(/C#N)C(=O)N2CCC(C(=O)O)CC2)c1. The molecule has 1 aliphatic heterocycles. The summed E-state index contributed by atoms with van der Waals surface area (Å²) in [6.07, 6.45) is 2.03. The van der Waals surface area contributed by atoms with Crippen LogP contribution in [0.1, 0.15) is 18.4 Å². The van der Waals surface area contributed by atoms with Crippen LogP contribution in [-0.4, -0.2) is 40.1 Å². The zero-order valence-corrected chi connectivity index (χ0v) is 13.3. The first-order valence-electron chi connectivity index (χ1n) is 7.61. The minimum absolute atomic E-state index is 0.0175. The lowest BCUT2D eigenvalue weighted by Gasteiger charge is -2.29. The number of phenols is 1. The zero-order valence-electron chi connectivity index (χ0n) is 13.3. The monoisotopic (exact) mass is 329 g/mol. The third-order valence-corrected chi connectivity index (χ3v) is 4.01. The first-order chi connectivity index (χ1) is 11.4. The number of hydrogen-bond acceptors (Lipinski definition) is 5. The van der Waals surface area contributed by atoms with E-state index in [0.717, 1.165) is 5.56 Å². The Morgan fingerprint density at radius 3 is 2.62 bits per heavy atom. The van der Waals surface area contributed by atoms with Crippen LogP contribution in [0.3, 0.4) is 0 Å². The molecule has 0 aliphatic carbocycles. The Morgan fingerprint density at radius 2 is 2.04 bits per heavy atom. The molecule has 3 N–H and O–H groups in total. The highest BCUT2D eigenvalue weighted by Gasteiger charge is 2.28. The minimum atomic E-state index is -0.852. The van der Waals surface area contributed by atoms with E-state index in [4.69, 9.17) is 5.11 Å². The summed E-state index contributed by atoms with van der Waals surface area (Å²) in [5, 5.41) is 30.7. The fourth-order valence-corrected chi connectivity index (χ4v) is 2.56. The van der Waals surface area contributed by atoms with Crippen LogP contribution >= 0.6 is 0 Å². The molecule has 1 aliphatic rings. The Labute approximate surface area is 139 Å². The van der Waals surface area contributed by atoms with Crippen molar-refractivity contribution >= 4 is 17.6 Å². The molecule has 7 nitrogen and oxygen atoms in total. The molecule has 1 fully saturated rings.